The number of nitrogens with zero attached hydrogens (tertiary/aromatic N) is 1. The van der Waals surface area contributed by atoms with Crippen LogP contribution in [0.3, 0.4) is 0 Å². The minimum absolute atomic E-state index is 0.000609. The lowest BCUT2D eigenvalue weighted by Gasteiger charge is -2.29. The second kappa shape index (κ2) is 13.0. The molecule has 44 heavy (non-hydrogen) atoms. The van der Waals surface area contributed by atoms with Crippen molar-refractivity contribution in [3.63, 3.8) is 0 Å². The van der Waals surface area contributed by atoms with E-state index < -0.39 is 47.6 Å². The number of aliphatic hydroxyl groups excluding tert-OH is 1. The first-order chi connectivity index (χ1) is 20.6. The fourth-order valence-corrected chi connectivity index (χ4v) is 4.88. The Morgan fingerprint density at radius 2 is 1.48 bits per heavy atom. The molecule has 4 aromatic carbocycles. The Morgan fingerprint density at radius 1 is 0.795 bits per heavy atom. The Kier molecular flexibility index (Phi) is 9.80. The molecule has 0 radical (unpaired) electrons. The highest BCUT2D eigenvalue weighted by Gasteiger charge is 2.58. The summed E-state index contributed by atoms with van der Waals surface area (Å²) in [6, 6.07) is 19.3. The number of alkyl halides is 8. The number of ether oxygens (including phenoxy) is 1. The smallest absolute Gasteiger partial charge is 0.457 e. The van der Waals surface area contributed by atoms with Crippen LogP contribution in [0.4, 0.5) is 40.8 Å². The van der Waals surface area contributed by atoms with Gasteiger partial charge in [0.25, 0.3) is 0 Å². The summed E-state index contributed by atoms with van der Waals surface area (Å²) in [4.78, 5) is 1.37. The zero-order valence-corrected chi connectivity index (χ0v) is 23.8. The minimum atomic E-state index is -5.84. The summed E-state index contributed by atoms with van der Waals surface area (Å²) in [6.07, 6.45) is -11.7. The van der Waals surface area contributed by atoms with Crippen LogP contribution in [-0.2, 0) is 25.1 Å². The minimum Gasteiger partial charge on any atom is -0.457 e. The summed E-state index contributed by atoms with van der Waals surface area (Å²) in [7, 11) is 0. The summed E-state index contributed by atoms with van der Waals surface area (Å²) in [6.45, 7) is 1.10. The zero-order chi connectivity index (χ0) is 32.3. The molecular formula is C32H26ClF8NO2. The van der Waals surface area contributed by atoms with Gasteiger partial charge in [0, 0.05) is 35.4 Å². The number of hydrogen-bond donors (Lipinski definition) is 1. The van der Waals surface area contributed by atoms with Gasteiger partial charge in [-0.1, -0.05) is 61.0 Å². The molecule has 0 spiro atoms. The maximum Gasteiger partial charge on any atom is 0.458 e. The topological polar surface area (TPSA) is 32.7 Å². The molecule has 0 saturated heterocycles. The number of hydrogen-bond acceptors (Lipinski definition) is 3. The van der Waals surface area contributed by atoms with Gasteiger partial charge in [-0.05, 0) is 65.6 Å². The van der Waals surface area contributed by atoms with E-state index in [4.69, 9.17) is 16.3 Å². The van der Waals surface area contributed by atoms with Gasteiger partial charge in [-0.3, -0.25) is 0 Å². The largest absolute Gasteiger partial charge is 0.458 e. The Bertz CT molecular complexity index is 1590. The lowest BCUT2D eigenvalue weighted by atomic mass is 10.0. The Balaban J connectivity index is 1.72. The van der Waals surface area contributed by atoms with Crippen molar-refractivity contribution in [2.75, 3.05) is 11.4 Å². The Hall–Kier alpha value is -3.83. The van der Waals surface area contributed by atoms with Gasteiger partial charge >= 0.3 is 18.3 Å². The number of aryl methyl sites for hydroxylation is 1. The van der Waals surface area contributed by atoms with E-state index in [1.165, 1.54) is 29.2 Å². The predicted octanol–water partition coefficient (Wildman–Crippen LogP) is 10.1. The number of benzene rings is 4. The third-order valence-corrected chi connectivity index (χ3v) is 7.22. The van der Waals surface area contributed by atoms with Gasteiger partial charge in [0.2, 0.25) is 0 Å². The molecule has 4 aromatic rings. The quantitative estimate of drug-likeness (QED) is 0.175. The first kappa shape index (κ1) is 33.1. The standard InChI is InChI=1S/C32H26ClF8NO2/c1-2-21-16-25(13-14-28(21)33)44-24-10-6-9-23(17-24)42(19-29(43)26-11-3-4-12-27(26)31(36,37)38)18-20-7-5-8-22(15-20)30(34,35)32(39,40)41/h3-17,29,43H,2,18-19H2,1H3. The molecule has 0 amide bonds. The maximum atomic E-state index is 14.1. The van der Waals surface area contributed by atoms with Crippen LogP contribution in [0, 0.1) is 0 Å². The van der Waals surface area contributed by atoms with Crippen LogP contribution in [-0.4, -0.2) is 17.8 Å². The first-order valence-electron chi connectivity index (χ1n) is 13.3. The van der Waals surface area contributed by atoms with Crippen LogP contribution in [0.2, 0.25) is 5.02 Å². The number of halogens is 9. The molecule has 0 aliphatic heterocycles. The highest BCUT2D eigenvalue weighted by molar-refractivity contribution is 6.31. The Labute approximate surface area is 253 Å². The number of rotatable bonds is 10. The third kappa shape index (κ3) is 7.62. The molecule has 1 N–H and O–H groups in total. The Morgan fingerprint density at radius 3 is 2.16 bits per heavy atom. The summed E-state index contributed by atoms with van der Waals surface area (Å²) in [5, 5.41) is 11.5. The van der Waals surface area contributed by atoms with Crippen molar-refractivity contribution in [3.8, 4) is 11.5 Å². The molecule has 0 bridgehead atoms. The van der Waals surface area contributed by atoms with Crippen molar-refractivity contribution in [2.45, 2.75) is 44.3 Å². The third-order valence-electron chi connectivity index (χ3n) is 6.85. The monoisotopic (exact) mass is 643 g/mol. The van der Waals surface area contributed by atoms with E-state index in [0.717, 1.165) is 23.8 Å². The molecule has 1 unspecified atom stereocenters. The van der Waals surface area contributed by atoms with Crippen molar-refractivity contribution in [3.05, 3.63) is 124 Å². The summed E-state index contributed by atoms with van der Waals surface area (Å²) >= 11 is 6.18. The number of aliphatic hydroxyl groups is 1. The van der Waals surface area contributed by atoms with E-state index in [1.54, 1.807) is 36.4 Å². The van der Waals surface area contributed by atoms with E-state index in [1.807, 2.05) is 6.92 Å². The van der Waals surface area contributed by atoms with Gasteiger partial charge in [-0.25, -0.2) is 0 Å². The second-order valence-electron chi connectivity index (χ2n) is 9.96. The summed E-state index contributed by atoms with van der Waals surface area (Å²) in [5.41, 5.74) is -1.67. The molecule has 12 heteroatoms. The molecule has 234 valence electrons. The average molecular weight is 644 g/mol. The second-order valence-corrected chi connectivity index (χ2v) is 10.4. The van der Waals surface area contributed by atoms with Crippen molar-refractivity contribution in [1.82, 2.24) is 0 Å². The molecule has 4 rings (SSSR count). The molecule has 1 atom stereocenters. The van der Waals surface area contributed by atoms with Gasteiger partial charge in [0.15, 0.2) is 0 Å². The zero-order valence-electron chi connectivity index (χ0n) is 23.1. The van der Waals surface area contributed by atoms with Crippen molar-refractivity contribution >= 4 is 17.3 Å². The molecule has 3 nitrogen and oxygen atoms in total. The van der Waals surface area contributed by atoms with E-state index in [0.29, 0.717) is 40.8 Å². The highest BCUT2D eigenvalue weighted by atomic mass is 35.5. The SMILES string of the molecule is CCc1cc(Oc2cccc(N(Cc3cccc(C(F)(F)C(F)(F)F)c3)CC(O)c3ccccc3C(F)(F)F)c2)ccc1Cl. The lowest BCUT2D eigenvalue weighted by molar-refractivity contribution is -0.289. The molecule has 0 aliphatic rings. The highest BCUT2D eigenvalue weighted by Crippen LogP contribution is 2.44. The maximum absolute atomic E-state index is 14.1. The fourth-order valence-electron chi connectivity index (χ4n) is 4.63. The first-order valence-corrected chi connectivity index (χ1v) is 13.7. The van der Waals surface area contributed by atoms with Crippen molar-refractivity contribution in [1.29, 1.82) is 0 Å². The summed E-state index contributed by atoms with van der Waals surface area (Å²) in [5.74, 6) is -4.40. The molecule has 0 aliphatic carbocycles. The van der Waals surface area contributed by atoms with Crippen LogP contribution in [0.15, 0.2) is 91.0 Å². The van der Waals surface area contributed by atoms with Crippen LogP contribution in [0.1, 0.15) is 40.8 Å². The van der Waals surface area contributed by atoms with Crippen molar-refractivity contribution in [2.24, 2.45) is 0 Å². The summed E-state index contributed by atoms with van der Waals surface area (Å²) < 4.78 is 114. The fraction of sp³-hybridized carbons (Fsp3) is 0.250. The normalized spacial score (nSPS) is 13.1. The van der Waals surface area contributed by atoms with Gasteiger partial charge < -0.3 is 14.7 Å². The lowest BCUT2D eigenvalue weighted by Crippen LogP contribution is -2.34. The van der Waals surface area contributed by atoms with E-state index in [2.05, 4.69) is 0 Å². The molecule has 0 saturated carbocycles. The van der Waals surface area contributed by atoms with Crippen molar-refractivity contribution < 1.29 is 45.0 Å². The van der Waals surface area contributed by atoms with Gasteiger partial charge in [-0.15, -0.1) is 0 Å². The van der Waals surface area contributed by atoms with Gasteiger partial charge in [0.1, 0.15) is 11.5 Å². The van der Waals surface area contributed by atoms with Crippen LogP contribution in [0.5, 0.6) is 11.5 Å². The molecule has 0 fully saturated rings. The average Bonchev–Trinajstić information content (AvgIpc) is 2.97. The van der Waals surface area contributed by atoms with Crippen LogP contribution in [0.25, 0.3) is 0 Å². The predicted molar refractivity (Wildman–Crippen MR) is 151 cm³/mol. The van der Waals surface area contributed by atoms with Gasteiger partial charge in [-0.2, -0.15) is 35.1 Å². The van der Waals surface area contributed by atoms with Gasteiger partial charge in [0.05, 0.1) is 11.7 Å². The molecule has 0 aromatic heterocycles. The van der Waals surface area contributed by atoms with E-state index >= 15 is 0 Å². The van der Waals surface area contributed by atoms with Crippen LogP contribution >= 0.6 is 11.6 Å². The van der Waals surface area contributed by atoms with E-state index in [-0.39, 0.29) is 12.1 Å². The molecular weight excluding hydrogens is 618 g/mol. The molecule has 0 heterocycles. The van der Waals surface area contributed by atoms with Crippen LogP contribution < -0.4 is 9.64 Å². The number of anilines is 1. The van der Waals surface area contributed by atoms with E-state index in [9.17, 15) is 40.2 Å².